The van der Waals surface area contributed by atoms with Crippen molar-refractivity contribution < 1.29 is 9.08 Å². The van der Waals surface area contributed by atoms with Gasteiger partial charge in [0.25, 0.3) is 0 Å². The molecule has 0 aromatic carbocycles. The minimum absolute atomic E-state index is 0. The molecule has 0 radical (unpaired) electrons. The third-order valence-electron chi connectivity index (χ3n) is 0.195. The zero-order valence-corrected chi connectivity index (χ0v) is 4.29. The Balaban J connectivity index is 0. The Morgan fingerprint density at radius 1 is 1.71 bits per heavy atom. The van der Waals surface area contributed by atoms with Crippen LogP contribution in [-0.2, 0) is 9.08 Å². The summed E-state index contributed by atoms with van der Waals surface area (Å²) in [6.07, 6.45) is 0. The third kappa shape index (κ3) is 7.31. The van der Waals surface area contributed by atoms with Crippen LogP contribution in [0.4, 0.5) is 0 Å². The zero-order chi connectivity index (χ0) is 4.99. The van der Waals surface area contributed by atoms with E-state index in [-0.39, 0.29) is 43.6 Å². The summed E-state index contributed by atoms with van der Waals surface area (Å²) in [6.45, 7) is 0. The van der Waals surface area contributed by atoms with Crippen molar-refractivity contribution in [3.05, 3.63) is 0 Å². The van der Waals surface area contributed by atoms with Crippen LogP contribution in [0.2, 0.25) is 0 Å². The maximum atomic E-state index is 9.69. The van der Waals surface area contributed by atoms with Crippen molar-refractivity contribution in [2.24, 2.45) is 0 Å². The van der Waals surface area contributed by atoms with Gasteiger partial charge in [-0.25, -0.2) is 4.79 Å². The number of hydrogen-bond acceptors (Lipinski definition) is 2. The number of carbonyl (C=O) groups excluding carboxylic acids is 1. The Morgan fingerprint density at radius 3 is 2.14 bits per heavy atom. The van der Waals surface area contributed by atoms with Crippen molar-refractivity contribution in [1.82, 2.24) is 0 Å². The number of alkyl halides is 1. The molecule has 5 heteroatoms. The normalized spacial score (nSPS) is 6.57. The molecule has 0 unspecified atom stereocenters. The molecule has 0 heterocycles. The second kappa shape index (κ2) is 7.31. The van der Waals surface area contributed by atoms with Crippen LogP contribution in [-0.4, -0.2) is 49.6 Å². The molecule has 0 aliphatic rings. The third-order valence-corrected chi connectivity index (χ3v) is 0.585. The second-order valence-electron chi connectivity index (χ2n) is 0.583. The van der Waals surface area contributed by atoms with E-state index in [1.807, 2.05) is 0 Å². The Hall–Kier alpha value is 1.31. The van der Waals surface area contributed by atoms with Gasteiger partial charge in [-0.1, -0.05) is 0 Å². The summed E-state index contributed by atoms with van der Waals surface area (Å²) < 4.78 is 3.60. The van der Waals surface area contributed by atoms with Crippen molar-refractivity contribution in [3.8, 4) is 0 Å². The number of halogens is 2. The van der Waals surface area contributed by atoms with Crippen molar-refractivity contribution >= 4 is 67.2 Å². The van der Waals surface area contributed by atoms with Gasteiger partial charge in [0, 0.05) is 0 Å². The van der Waals surface area contributed by atoms with Crippen LogP contribution >= 0.6 is 23.5 Å². The fraction of sp³-hybridized carbons (Fsp3) is 0.500. The van der Waals surface area contributed by atoms with Gasteiger partial charge in [0.05, 0.1) is 0 Å². The number of rotatable bonds is 1. The Morgan fingerprint density at radius 2 is 2.14 bits per heavy atom. The molecular weight excluding hydrogens is 167 g/mol. The SMILES string of the molecule is O=C(CCl)OCl.[CaH2]. The van der Waals surface area contributed by atoms with Gasteiger partial charge in [-0.3, -0.25) is 0 Å². The van der Waals surface area contributed by atoms with E-state index in [1.165, 1.54) is 0 Å². The number of carbonyl (C=O) groups is 1. The molecule has 0 saturated heterocycles. The first-order chi connectivity index (χ1) is 2.81. The molecule has 7 heavy (non-hydrogen) atoms. The summed E-state index contributed by atoms with van der Waals surface area (Å²) in [5.41, 5.74) is 0. The van der Waals surface area contributed by atoms with E-state index in [0.717, 1.165) is 0 Å². The molecule has 0 rings (SSSR count). The van der Waals surface area contributed by atoms with E-state index in [9.17, 15) is 4.79 Å². The molecule has 0 saturated carbocycles. The van der Waals surface area contributed by atoms with Crippen LogP contribution in [0, 0.1) is 0 Å². The van der Waals surface area contributed by atoms with Crippen LogP contribution in [0.3, 0.4) is 0 Å². The van der Waals surface area contributed by atoms with Gasteiger partial charge in [0.15, 0.2) is 0 Å². The van der Waals surface area contributed by atoms with Gasteiger partial charge >= 0.3 is 43.7 Å². The predicted octanol–water partition coefficient (Wildman–Crippen LogP) is 0.00600. The second-order valence-corrected chi connectivity index (χ2v) is 1.00. The summed E-state index contributed by atoms with van der Waals surface area (Å²) in [4.78, 5) is 9.69. The fourth-order valence-corrected chi connectivity index (χ4v) is 0.186. The Bertz CT molecular complexity index is 51.7. The zero-order valence-electron chi connectivity index (χ0n) is 2.78. The average molecular weight is 171 g/mol. The molecule has 0 fully saturated rings. The van der Waals surface area contributed by atoms with E-state index in [0.29, 0.717) is 0 Å². The maximum absolute atomic E-state index is 9.69. The average Bonchev–Trinajstić information content (AvgIpc) is 1.65. The molecule has 0 aliphatic heterocycles. The molecular formula is C2H4CaCl2O2. The van der Waals surface area contributed by atoms with Crippen molar-refractivity contribution in [1.29, 1.82) is 0 Å². The van der Waals surface area contributed by atoms with E-state index < -0.39 is 5.97 Å². The molecule has 0 aliphatic carbocycles. The van der Waals surface area contributed by atoms with Crippen LogP contribution in [0.5, 0.6) is 0 Å². The van der Waals surface area contributed by atoms with Gasteiger partial charge in [0.1, 0.15) is 17.7 Å². The van der Waals surface area contributed by atoms with Gasteiger partial charge in [0.2, 0.25) is 0 Å². The van der Waals surface area contributed by atoms with Crippen molar-refractivity contribution in [2.45, 2.75) is 0 Å². The molecule has 0 aromatic rings. The number of hydrogen-bond donors (Lipinski definition) is 0. The quantitative estimate of drug-likeness (QED) is 0.410. The summed E-state index contributed by atoms with van der Waals surface area (Å²) in [5.74, 6) is -0.818. The Labute approximate surface area is 81.3 Å². The van der Waals surface area contributed by atoms with E-state index in [1.54, 1.807) is 0 Å². The monoisotopic (exact) mass is 170 g/mol. The van der Waals surface area contributed by atoms with Crippen molar-refractivity contribution in [2.75, 3.05) is 5.88 Å². The fourth-order valence-electron chi connectivity index (χ4n) is 0.0206. The summed E-state index contributed by atoms with van der Waals surface area (Å²) in [5, 5.41) is 0. The van der Waals surface area contributed by atoms with Gasteiger partial charge in [-0.15, -0.1) is 11.6 Å². The van der Waals surface area contributed by atoms with Gasteiger partial charge in [-0.05, 0) is 0 Å². The predicted molar refractivity (Wildman–Crippen MR) is 31.2 cm³/mol. The van der Waals surface area contributed by atoms with Crippen LogP contribution in [0.25, 0.3) is 0 Å². The van der Waals surface area contributed by atoms with Gasteiger partial charge in [-0.2, -0.15) is 0 Å². The molecule has 0 spiro atoms. The molecule has 0 aromatic heterocycles. The first-order valence-electron chi connectivity index (χ1n) is 1.18. The first kappa shape index (κ1) is 11.2. The summed E-state index contributed by atoms with van der Waals surface area (Å²) in [7, 11) is 0. The summed E-state index contributed by atoms with van der Waals surface area (Å²) >= 11 is 9.41. The molecule has 0 N–H and O–H groups in total. The molecule has 0 bridgehead atoms. The van der Waals surface area contributed by atoms with Crippen LogP contribution < -0.4 is 0 Å². The van der Waals surface area contributed by atoms with E-state index in [4.69, 9.17) is 11.6 Å². The molecule has 40 valence electrons. The Kier molecular flexibility index (Phi) is 11.6. The van der Waals surface area contributed by atoms with E-state index in [2.05, 4.69) is 16.2 Å². The minimum atomic E-state index is -0.627. The van der Waals surface area contributed by atoms with E-state index >= 15 is 0 Å². The molecule has 0 amide bonds. The van der Waals surface area contributed by atoms with Crippen molar-refractivity contribution in [3.63, 3.8) is 0 Å². The van der Waals surface area contributed by atoms with Crippen LogP contribution in [0.15, 0.2) is 0 Å². The topological polar surface area (TPSA) is 26.3 Å². The van der Waals surface area contributed by atoms with Crippen LogP contribution in [0.1, 0.15) is 0 Å². The molecule has 2 nitrogen and oxygen atoms in total. The summed E-state index contributed by atoms with van der Waals surface area (Å²) in [6, 6.07) is 0. The molecule has 0 atom stereocenters. The van der Waals surface area contributed by atoms with Gasteiger partial charge < -0.3 is 4.29 Å². The standard InChI is InChI=1S/C2H2Cl2O2.Ca.2H/c3-1-2(5)6-4;;;/h1H2;;;. The first-order valence-corrected chi connectivity index (χ1v) is 2.03.